The molecule has 0 aliphatic carbocycles. The fourth-order valence-corrected chi connectivity index (χ4v) is 5.28. The zero-order valence-corrected chi connectivity index (χ0v) is 13.7. The normalized spacial score (nSPS) is 25.0. The Morgan fingerprint density at radius 1 is 1.19 bits per heavy atom. The number of sulfone groups is 1. The predicted octanol–water partition coefficient (Wildman–Crippen LogP) is 2.53. The van der Waals surface area contributed by atoms with Crippen molar-refractivity contribution in [2.75, 3.05) is 24.6 Å². The van der Waals surface area contributed by atoms with Gasteiger partial charge in [0.05, 0.1) is 22.2 Å². The highest BCUT2D eigenvalue weighted by Crippen LogP contribution is 2.42. The van der Waals surface area contributed by atoms with Crippen molar-refractivity contribution in [1.29, 1.82) is 0 Å². The first-order chi connectivity index (χ1) is 9.98. The summed E-state index contributed by atoms with van der Waals surface area (Å²) < 4.78 is 23.2. The lowest BCUT2D eigenvalue weighted by atomic mass is 9.74. The Kier molecular flexibility index (Phi) is 4.26. The number of rotatable bonds is 2. The van der Waals surface area contributed by atoms with Crippen molar-refractivity contribution in [3.63, 3.8) is 0 Å². The summed E-state index contributed by atoms with van der Waals surface area (Å²) in [6, 6.07) is 3.72. The van der Waals surface area contributed by atoms with Crippen molar-refractivity contribution in [3.05, 3.63) is 29.0 Å². The van der Waals surface area contributed by atoms with Crippen LogP contribution in [0.15, 0.2) is 18.3 Å². The molecule has 2 aliphatic rings. The van der Waals surface area contributed by atoms with Crippen LogP contribution in [0.4, 0.5) is 0 Å². The van der Waals surface area contributed by atoms with Crippen LogP contribution in [-0.4, -0.2) is 42.9 Å². The van der Waals surface area contributed by atoms with Crippen molar-refractivity contribution in [1.82, 2.24) is 9.88 Å². The van der Waals surface area contributed by atoms with E-state index in [0.29, 0.717) is 11.5 Å². The minimum Gasteiger partial charge on any atom is -0.297 e. The molecule has 2 saturated heterocycles. The van der Waals surface area contributed by atoms with E-state index in [2.05, 4.69) is 9.88 Å². The second-order valence-electron chi connectivity index (χ2n) is 6.36. The molecule has 3 rings (SSSR count). The third kappa shape index (κ3) is 3.58. The summed E-state index contributed by atoms with van der Waals surface area (Å²) in [7, 11) is -2.77. The number of hydrogen-bond donors (Lipinski definition) is 0. The van der Waals surface area contributed by atoms with Gasteiger partial charge >= 0.3 is 0 Å². The molecule has 0 unspecified atom stereocenters. The lowest BCUT2D eigenvalue weighted by Crippen LogP contribution is -2.43. The largest absolute Gasteiger partial charge is 0.297 e. The number of hydrogen-bond acceptors (Lipinski definition) is 4. The Morgan fingerprint density at radius 2 is 1.86 bits per heavy atom. The van der Waals surface area contributed by atoms with E-state index in [-0.39, 0.29) is 5.41 Å². The molecule has 0 aromatic carbocycles. The van der Waals surface area contributed by atoms with Gasteiger partial charge < -0.3 is 0 Å². The van der Waals surface area contributed by atoms with E-state index >= 15 is 0 Å². The fraction of sp³-hybridized carbons (Fsp3) is 0.667. The molecule has 0 saturated carbocycles. The molecule has 0 radical (unpaired) electrons. The zero-order chi connectivity index (χ0) is 14.9. The molecular weight excluding hydrogens is 308 g/mol. The molecule has 1 aromatic rings. The minimum atomic E-state index is -2.77. The zero-order valence-electron chi connectivity index (χ0n) is 12.1. The molecule has 6 heteroatoms. The van der Waals surface area contributed by atoms with Crippen LogP contribution >= 0.6 is 11.6 Å². The molecule has 0 amide bonds. The van der Waals surface area contributed by atoms with Crippen molar-refractivity contribution in [2.24, 2.45) is 5.41 Å². The molecule has 0 N–H and O–H groups in total. The first-order valence-corrected chi connectivity index (χ1v) is 9.70. The monoisotopic (exact) mass is 328 g/mol. The highest BCUT2D eigenvalue weighted by molar-refractivity contribution is 7.91. The van der Waals surface area contributed by atoms with Crippen molar-refractivity contribution >= 4 is 21.4 Å². The van der Waals surface area contributed by atoms with Gasteiger partial charge in [-0.15, -0.1) is 0 Å². The standard InChI is InChI=1S/C15H21ClN2O2S/c16-13-2-1-7-17-14(13)12-18-8-3-15(4-9-18)5-10-21(19,20)11-6-15/h1-2,7H,3-6,8-12H2. The second-order valence-corrected chi connectivity index (χ2v) is 9.07. The lowest BCUT2D eigenvalue weighted by molar-refractivity contribution is 0.0882. The van der Waals surface area contributed by atoms with Gasteiger partial charge in [0.2, 0.25) is 0 Å². The molecule has 2 aliphatic heterocycles. The van der Waals surface area contributed by atoms with Crippen LogP contribution in [0.2, 0.25) is 5.02 Å². The molecule has 1 spiro atoms. The number of likely N-dealkylation sites (tertiary alicyclic amines) is 1. The molecule has 0 bridgehead atoms. The van der Waals surface area contributed by atoms with E-state index in [1.807, 2.05) is 12.1 Å². The average molecular weight is 329 g/mol. The molecule has 1 aromatic heterocycles. The first-order valence-electron chi connectivity index (χ1n) is 7.50. The molecule has 116 valence electrons. The molecule has 4 nitrogen and oxygen atoms in total. The maximum Gasteiger partial charge on any atom is 0.150 e. The van der Waals surface area contributed by atoms with E-state index in [1.54, 1.807) is 6.20 Å². The van der Waals surface area contributed by atoms with Crippen molar-refractivity contribution < 1.29 is 8.42 Å². The van der Waals surface area contributed by atoms with Gasteiger partial charge in [-0.2, -0.15) is 0 Å². The van der Waals surface area contributed by atoms with E-state index in [9.17, 15) is 8.42 Å². The van der Waals surface area contributed by atoms with Crippen LogP contribution in [0.3, 0.4) is 0 Å². The summed E-state index contributed by atoms with van der Waals surface area (Å²) in [6.45, 7) is 2.80. The van der Waals surface area contributed by atoms with Gasteiger partial charge in [0, 0.05) is 12.7 Å². The summed E-state index contributed by atoms with van der Waals surface area (Å²) in [5.74, 6) is 0.748. The van der Waals surface area contributed by atoms with E-state index in [1.165, 1.54) is 0 Å². The van der Waals surface area contributed by atoms with Gasteiger partial charge in [0.15, 0.2) is 0 Å². The average Bonchev–Trinajstić information content (AvgIpc) is 2.47. The first kappa shape index (κ1) is 15.3. The molecule has 0 atom stereocenters. The number of aromatic nitrogens is 1. The Bertz CT molecular complexity index is 594. The van der Waals surface area contributed by atoms with E-state index < -0.39 is 9.84 Å². The van der Waals surface area contributed by atoms with Gasteiger partial charge in [0.1, 0.15) is 9.84 Å². The summed E-state index contributed by atoms with van der Waals surface area (Å²) in [5.41, 5.74) is 1.19. The van der Waals surface area contributed by atoms with Crippen LogP contribution in [0.1, 0.15) is 31.4 Å². The lowest BCUT2D eigenvalue weighted by Gasteiger charge is -2.44. The van der Waals surface area contributed by atoms with Gasteiger partial charge in [-0.3, -0.25) is 9.88 Å². The van der Waals surface area contributed by atoms with Crippen LogP contribution < -0.4 is 0 Å². The predicted molar refractivity (Wildman–Crippen MR) is 84.1 cm³/mol. The maximum absolute atomic E-state index is 11.6. The van der Waals surface area contributed by atoms with Gasteiger partial charge in [-0.05, 0) is 56.3 Å². The maximum atomic E-state index is 11.6. The molecule has 3 heterocycles. The van der Waals surface area contributed by atoms with Gasteiger partial charge in [-0.25, -0.2) is 8.42 Å². The highest BCUT2D eigenvalue weighted by atomic mass is 35.5. The minimum absolute atomic E-state index is 0.260. The quantitative estimate of drug-likeness (QED) is 0.837. The fourth-order valence-electron chi connectivity index (χ4n) is 3.40. The Balaban J connectivity index is 1.57. The highest BCUT2D eigenvalue weighted by Gasteiger charge is 2.39. The number of nitrogens with zero attached hydrogens (tertiary/aromatic N) is 2. The summed E-state index contributed by atoms with van der Waals surface area (Å²) in [4.78, 5) is 6.72. The Hall–Kier alpha value is -0.650. The number of pyridine rings is 1. The SMILES string of the molecule is O=S1(=O)CCC2(CCN(Cc3ncccc3Cl)CC2)CC1. The summed E-state index contributed by atoms with van der Waals surface area (Å²) >= 11 is 6.16. The van der Waals surface area contributed by atoms with Crippen molar-refractivity contribution in [2.45, 2.75) is 32.2 Å². The van der Waals surface area contributed by atoms with Crippen molar-refractivity contribution in [3.8, 4) is 0 Å². The van der Waals surface area contributed by atoms with E-state index in [0.717, 1.165) is 56.0 Å². The smallest absolute Gasteiger partial charge is 0.150 e. The topological polar surface area (TPSA) is 50.3 Å². The van der Waals surface area contributed by atoms with E-state index in [4.69, 9.17) is 11.6 Å². The summed E-state index contributed by atoms with van der Waals surface area (Å²) in [6.07, 6.45) is 5.64. The van der Waals surface area contributed by atoms with Gasteiger partial charge in [-0.1, -0.05) is 11.6 Å². The van der Waals surface area contributed by atoms with Gasteiger partial charge in [0.25, 0.3) is 0 Å². The molecule has 2 fully saturated rings. The summed E-state index contributed by atoms with van der Waals surface area (Å²) in [5, 5.41) is 0.724. The van der Waals surface area contributed by atoms with Crippen LogP contribution in [0.25, 0.3) is 0 Å². The third-order valence-electron chi connectivity index (χ3n) is 5.01. The second kappa shape index (κ2) is 5.86. The number of halogens is 1. The Labute approximate surface area is 131 Å². The van der Waals surface area contributed by atoms with Crippen LogP contribution in [-0.2, 0) is 16.4 Å². The molecular formula is C15H21ClN2O2S. The van der Waals surface area contributed by atoms with Crippen LogP contribution in [0, 0.1) is 5.41 Å². The third-order valence-corrected chi connectivity index (χ3v) is 7.01. The number of piperidine rings is 1. The molecule has 21 heavy (non-hydrogen) atoms. The van der Waals surface area contributed by atoms with Crippen LogP contribution in [0.5, 0.6) is 0 Å². The Morgan fingerprint density at radius 3 is 2.48 bits per heavy atom.